The van der Waals surface area contributed by atoms with Crippen LogP contribution in [0.3, 0.4) is 0 Å². The Kier molecular flexibility index (Phi) is 9.08. The molecule has 2 aliphatic rings. The number of halogens is 3. The molecule has 1 unspecified atom stereocenters. The Hall–Kier alpha value is -3.65. The number of alkyl halides is 3. The largest absolute Gasteiger partial charge is 0.416 e. The van der Waals surface area contributed by atoms with Crippen LogP contribution in [0.5, 0.6) is 0 Å². The summed E-state index contributed by atoms with van der Waals surface area (Å²) < 4.78 is 39.2. The number of amides is 2. The smallest absolute Gasteiger partial charge is 0.369 e. The number of rotatable bonds is 9. The zero-order valence-electron chi connectivity index (χ0n) is 23.2. The van der Waals surface area contributed by atoms with Gasteiger partial charge in [0.05, 0.1) is 18.0 Å². The summed E-state index contributed by atoms with van der Waals surface area (Å²) in [6.45, 7) is 4.08. The summed E-state index contributed by atoms with van der Waals surface area (Å²) in [5.74, 6) is -0.251. The fraction of sp³-hybridized carbons (Fsp3) is 0.394. The third kappa shape index (κ3) is 7.36. The van der Waals surface area contributed by atoms with Gasteiger partial charge in [-0.05, 0) is 67.1 Å². The molecule has 2 heterocycles. The predicted octanol–water partition coefficient (Wildman–Crippen LogP) is 6.28. The van der Waals surface area contributed by atoms with Crippen LogP contribution in [0, 0.1) is 0 Å². The van der Waals surface area contributed by atoms with Crippen LogP contribution in [-0.2, 0) is 28.6 Å². The van der Waals surface area contributed by atoms with Crippen molar-refractivity contribution in [2.45, 2.75) is 50.7 Å². The molecule has 0 aliphatic carbocycles. The van der Waals surface area contributed by atoms with E-state index >= 15 is 0 Å². The highest BCUT2D eigenvalue weighted by molar-refractivity contribution is 5.98. The Morgan fingerprint density at radius 1 is 0.829 bits per heavy atom. The summed E-state index contributed by atoms with van der Waals surface area (Å²) >= 11 is 0. The number of anilines is 1. The van der Waals surface area contributed by atoms with Gasteiger partial charge in [0.2, 0.25) is 11.8 Å². The molecule has 216 valence electrons. The maximum absolute atomic E-state index is 13.1. The monoisotopic (exact) mass is 563 g/mol. The SMILES string of the molecule is O=C1CCC(c2ccc(CCCCN3CCN(c4cccc(C(F)(F)F)c4)CC3)cc2)N1C(=O)Cc1ccccc1. The van der Waals surface area contributed by atoms with Crippen molar-refractivity contribution >= 4 is 17.5 Å². The van der Waals surface area contributed by atoms with Gasteiger partial charge in [-0.25, -0.2) is 0 Å². The van der Waals surface area contributed by atoms with Crippen LogP contribution < -0.4 is 4.90 Å². The molecule has 0 aromatic heterocycles. The highest BCUT2D eigenvalue weighted by Gasteiger charge is 2.36. The van der Waals surface area contributed by atoms with E-state index in [1.807, 2.05) is 47.4 Å². The molecular formula is C33H36F3N3O2. The van der Waals surface area contributed by atoms with Gasteiger partial charge >= 0.3 is 6.18 Å². The lowest BCUT2D eigenvalue weighted by Gasteiger charge is -2.36. The third-order valence-corrected chi connectivity index (χ3v) is 8.14. The minimum atomic E-state index is -4.32. The van der Waals surface area contributed by atoms with Gasteiger partial charge in [-0.2, -0.15) is 13.2 Å². The molecule has 5 rings (SSSR count). The molecular weight excluding hydrogens is 527 g/mol. The number of aryl methyl sites for hydroxylation is 1. The Bertz CT molecular complexity index is 1320. The van der Waals surface area contributed by atoms with E-state index in [-0.39, 0.29) is 24.3 Å². The fourth-order valence-electron chi connectivity index (χ4n) is 5.85. The first kappa shape index (κ1) is 28.9. The zero-order chi connectivity index (χ0) is 28.8. The standard InChI is InChI=1S/C33H36F3N3O2/c34-33(35,36)28-10-6-11-29(24-28)38-21-19-37(20-22-38)18-5-4-7-25-12-14-27(15-13-25)30-16-17-31(40)39(30)32(41)23-26-8-2-1-3-9-26/h1-3,6,8-15,24,30H,4-5,7,16-23H2. The molecule has 2 aliphatic heterocycles. The van der Waals surface area contributed by atoms with Crippen LogP contribution in [0.4, 0.5) is 18.9 Å². The Morgan fingerprint density at radius 2 is 1.56 bits per heavy atom. The molecule has 8 heteroatoms. The highest BCUT2D eigenvalue weighted by Crippen LogP contribution is 2.34. The van der Waals surface area contributed by atoms with E-state index in [2.05, 4.69) is 17.0 Å². The van der Waals surface area contributed by atoms with Gasteiger partial charge in [0.1, 0.15) is 0 Å². The number of hydrogen-bond acceptors (Lipinski definition) is 4. The summed E-state index contributed by atoms with van der Waals surface area (Å²) in [7, 11) is 0. The molecule has 41 heavy (non-hydrogen) atoms. The second-order valence-electron chi connectivity index (χ2n) is 10.9. The summed E-state index contributed by atoms with van der Waals surface area (Å²) in [6, 6.07) is 23.2. The first-order chi connectivity index (χ1) is 19.8. The molecule has 0 radical (unpaired) electrons. The molecule has 3 aromatic rings. The highest BCUT2D eigenvalue weighted by atomic mass is 19.4. The van der Waals surface area contributed by atoms with E-state index in [1.165, 1.54) is 22.6 Å². The molecule has 0 bridgehead atoms. The molecule has 0 N–H and O–H groups in total. The lowest BCUT2D eigenvalue weighted by molar-refractivity contribution is -0.143. The van der Waals surface area contributed by atoms with Crippen molar-refractivity contribution in [1.29, 1.82) is 0 Å². The molecule has 0 spiro atoms. The first-order valence-corrected chi connectivity index (χ1v) is 14.4. The Morgan fingerprint density at radius 3 is 2.27 bits per heavy atom. The average molecular weight is 564 g/mol. The molecule has 1 atom stereocenters. The number of unbranched alkanes of at least 4 members (excludes halogenated alkanes) is 1. The van der Waals surface area contributed by atoms with Gasteiger partial charge in [0.15, 0.2) is 0 Å². The van der Waals surface area contributed by atoms with Gasteiger partial charge in [0.25, 0.3) is 0 Å². The fourth-order valence-corrected chi connectivity index (χ4v) is 5.85. The molecule has 2 fully saturated rings. The van der Waals surface area contributed by atoms with Crippen LogP contribution in [0.15, 0.2) is 78.9 Å². The number of carbonyl (C=O) groups is 2. The van der Waals surface area contributed by atoms with Crippen molar-refractivity contribution in [3.8, 4) is 0 Å². The maximum atomic E-state index is 13.1. The Balaban J connectivity index is 1.06. The predicted molar refractivity (Wildman–Crippen MR) is 153 cm³/mol. The van der Waals surface area contributed by atoms with E-state index in [0.29, 0.717) is 18.5 Å². The average Bonchev–Trinajstić information content (AvgIpc) is 3.37. The summed E-state index contributed by atoms with van der Waals surface area (Å²) in [5.41, 5.74) is 3.17. The van der Waals surface area contributed by atoms with Crippen molar-refractivity contribution in [2.24, 2.45) is 0 Å². The summed E-state index contributed by atoms with van der Waals surface area (Å²) in [4.78, 5) is 31.4. The van der Waals surface area contributed by atoms with Crippen LogP contribution in [0.2, 0.25) is 0 Å². The number of hydrogen-bond donors (Lipinski definition) is 0. The number of piperazine rings is 1. The Labute approximate surface area is 239 Å². The quantitative estimate of drug-likeness (QED) is 0.288. The molecule has 0 saturated carbocycles. The topological polar surface area (TPSA) is 43.9 Å². The number of nitrogens with zero attached hydrogens (tertiary/aromatic N) is 3. The van der Waals surface area contributed by atoms with E-state index in [9.17, 15) is 22.8 Å². The van der Waals surface area contributed by atoms with Crippen LogP contribution >= 0.6 is 0 Å². The van der Waals surface area contributed by atoms with Gasteiger partial charge in [-0.1, -0.05) is 60.7 Å². The normalized spacial score (nSPS) is 18.2. The van der Waals surface area contributed by atoms with Gasteiger partial charge in [0, 0.05) is 38.3 Å². The minimum Gasteiger partial charge on any atom is -0.369 e. The second-order valence-corrected chi connectivity index (χ2v) is 10.9. The van der Waals surface area contributed by atoms with E-state index in [4.69, 9.17) is 0 Å². The van der Waals surface area contributed by atoms with Gasteiger partial charge in [-0.3, -0.25) is 19.4 Å². The molecule has 5 nitrogen and oxygen atoms in total. The number of carbonyl (C=O) groups excluding carboxylic acids is 2. The van der Waals surface area contributed by atoms with Crippen LogP contribution in [-0.4, -0.2) is 54.3 Å². The summed E-state index contributed by atoms with van der Waals surface area (Å²) in [5, 5.41) is 0. The molecule has 2 saturated heterocycles. The van der Waals surface area contributed by atoms with Crippen molar-refractivity contribution in [2.75, 3.05) is 37.6 Å². The van der Waals surface area contributed by atoms with Crippen molar-refractivity contribution in [3.63, 3.8) is 0 Å². The van der Waals surface area contributed by atoms with Crippen molar-refractivity contribution in [3.05, 3.63) is 101 Å². The zero-order valence-corrected chi connectivity index (χ0v) is 23.2. The minimum absolute atomic E-state index is 0.101. The number of benzene rings is 3. The molecule has 2 amide bonds. The third-order valence-electron chi connectivity index (χ3n) is 8.14. The lowest BCUT2D eigenvalue weighted by atomic mass is 10.00. The van der Waals surface area contributed by atoms with Gasteiger partial charge in [-0.15, -0.1) is 0 Å². The number of likely N-dealkylation sites (tertiary alicyclic amines) is 1. The number of imide groups is 1. The van der Waals surface area contributed by atoms with Crippen LogP contribution in [0.1, 0.15) is 54.0 Å². The first-order valence-electron chi connectivity index (χ1n) is 14.4. The maximum Gasteiger partial charge on any atom is 0.416 e. The van der Waals surface area contributed by atoms with E-state index < -0.39 is 11.7 Å². The van der Waals surface area contributed by atoms with Crippen molar-refractivity contribution in [1.82, 2.24) is 9.80 Å². The molecule has 3 aromatic carbocycles. The van der Waals surface area contributed by atoms with Crippen LogP contribution in [0.25, 0.3) is 0 Å². The van der Waals surface area contributed by atoms with Gasteiger partial charge < -0.3 is 4.90 Å². The second kappa shape index (κ2) is 12.9. The lowest BCUT2D eigenvalue weighted by Crippen LogP contribution is -2.46. The van der Waals surface area contributed by atoms with E-state index in [0.717, 1.165) is 69.2 Å². The van der Waals surface area contributed by atoms with E-state index in [1.54, 1.807) is 6.07 Å². The van der Waals surface area contributed by atoms with Crippen molar-refractivity contribution < 1.29 is 22.8 Å². The summed E-state index contributed by atoms with van der Waals surface area (Å²) in [6.07, 6.45) is -0.0241.